The van der Waals surface area contributed by atoms with Gasteiger partial charge in [0.25, 0.3) is 0 Å². The van der Waals surface area contributed by atoms with E-state index in [2.05, 4.69) is 14.9 Å². The molecule has 0 radical (unpaired) electrons. The summed E-state index contributed by atoms with van der Waals surface area (Å²) in [5.74, 6) is 1.60. The zero-order valence-electron chi connectivity index (χ0n) is 13.7. The van der Waals surface area contributed by atoms with Crippen molar-refractivity contribution in [2.24, 2.45) is 11.3 Å². The highest BCUT2D eigenvalue weighted by molar-refractivity contribution is 7.89. The first kappa shape index (κ1) is 17.0. The van der Waals surface area contributed by atoms with E-state index in [0.29, 0.717) is 10.8 Å². The van der Waals surface area contributed by atoms with Crippen molar-refractivity contribution in [3.05, 3.63) is 35.2 Å². The average molecular weight is 382 g/mol. The van der Waals surface area contributed by atoms with Gasteiger partial charge in [-0.25, -0.2) is 13.1 Å². The fourth-order valence-electron chi connectivity index (χ4n) is 4.18. The third kappa shape index (κ3) is 3.73. The Bertz CT molecular complexity index is 856. The molecule has 1 aromatic carbocycles. The van der Waals surface area contributed by atoms with E-state index >= 15 is 0 Å². The van der Waals surface area contributed by atoms with Crippen LogP contribution in [0.5, 0.6) is 0 Å². The van der Waals surface area contributed by atoms with Gasteiger partial charge in [-0.2, -0.15) is 4.98 Å². The van der Waals surface area contributed by atoms with Gasteiger partial charge in [-0.05, 0) is 67.7 Å². The maximum Gasteiger partial charge on any atom is 0.242 e. The van der Waals surface area contributed by atoms with Crippen LogP contribution in [0.25, 0.3) is 11.4 Å². The van der Waals surface area contributed by atoms with Crippen LogP contribution < -0.4 is 4.72 Å². The lowest BCUT2D eigenvalue weighted by molar-refractivity contribution is 0.331. The fraction of sp³-hybridized carbons (Fsp3) is 0.529. The maximum atomic E-state index is 12.4. The molecule has 8 heteroatoms. The number of hydrogen-bond donors (Lipinski definition) is 1. The van der Waals surface area contributed by atoms with Gasteiger partial charge in [0.2, 0.25) is 21.7 Å². The van der Waals surface area contributed by atoms with Gasteiger partial charge in [0.15, 0.2) is 0 Å². The molecule has 0 unspecified atom stereocenters. The van der Waals surface area contributed by atoms with Gasteiger partial charge in [0, 0.05) is 10.6 Å². The Labute approximate surface area is 152 Å². The molecule has 0 aliphatic heterocycles. The molecule has 2 aliphatic carbocycles. The molecule has 1 N–H and O–H groups in total. The second-order valence-corrected chi connectivity index (χ2v) is 9.49. The van der Waals surface area contributed by atoms with Crippen LogP contribution in [0.15, 0.2) is 28.8 Å². The summed E-state index contributed by atoms with van der Waals surface area (Å²) in [5, 5.41) is 4.52. The molecule has 6 nitrogen and oxygen atoms in total. The third-order valence-corrected chi connectivity index (χ3v) is 7.23. The minimum absolute atomic E-state index is 0.0141. The number of nitrogens with zero attached hydrogens (tertiary/aromatic N) is 2. The van der Waals surface area contributed by atoms with E-state index in [9.17, 15) is 8.42 Å². The minimum Gasteiger partial charge on any atom is -0.338 e. The van der Waals surface area contributed by atoms with Crippen LogP contribution in [0, 0.1) is 11.3 Å². The second-order valence-electron chi connectivity index (χ2n) is 7.25. The van der Waals surface area contributed by atoms with Crippen molar-refractivity contribution in [3.63, 3.8) is 0 Å². The van der Waals surface area contributed by atoms with Crippen LogP contribution >= 0.6 is 11.6 Å². The highest BCUT2D eigenvalue weighted by Gasteiger charge is 2.47. The molecule has 2 bridgehead atoms. The molecule has 1 aromatic heterocycles. The SMILES string of the molecule is O=S(=O)(CC12CCC(CC1)C2)NCc1nc(-c2ccc(Cl)cc2)no1. The van der Waals surface area contributed by atoms with Gasteiger partial charge >= 0.3 is 0 Å². The number of benzene rings is 1. The lowest BCUT2D eigenvalue weighted by atomic mass is 9.87. The highest BCUT2D eigenvalue weighted by Crippen LogP contribution is 2.54. The Morgan fingerprint density at radius 2 is 1.96 bits per heavy atom. The Morgan fingerprint density at radius 1 is 1.24 bits per heavy atom. The fourth-order valence-corrected chi connectivity index (χ4v) is 5.97. The molecule has 25 heavy (non-hydrogen) atoms. The summed E-state index contributed by atoms with van der Waals surface area (Å²) in [7, 11) is -3.36. The molecule has 0 amide bonds. The zero-order chi connectivity index (χ0) is 17.5. The number of halogens is 1. The van der Waals surface area contributed by atoms with E-state index in [4.69, 9.17) is 16.1 Å². The van der Waals surface area contributed by atoms with E-state index < -0.39 is 10.0 Å². The smallest absolute Gasteiger partial charge is 0.242 e. The van der Waals surface area contributed by atoms with Crippen molar-refractivity contribution in [2.45, 2.75) is 38.6 Å². The predicted octanol–water partition coefficient (Wildman–Crippen LogP) is 3.39. The first-order chi connectivity index (χ1) is 11.9. The highest BCUT2D eigenvalue weighted by atomic mass is 35.5. The topological polar surface area (TPSA) is 85.1 Å². The van der Waals surface area contributed by atoms with Gasteiger partial charge in [0.05, 0.1) is 12.3 Å². The minimum atomic E-state index is -3.36. The van der Waals surface area contributed by atoms with Gasteiger partial charge in [-0.1, -0.05) is 16.8 Å². The van der Waals surface area contributed by atoms with Gasteiger partial charge in [-0.3, -0.25) is 0 Å². The molecule has 2 fully saturated rings. The van der Waals surface area contributed by atoms with Gasteiger partial charge < -0.3 is 4.52 Å². The van der Waals surface area contributed by atoms with Gasteiger partial charge in [0.1, 0.15) is 0 Å². The van der Waals surface area contributed by atoms with E-state index in [1.807, 2.05) is 0 Å². The van der Waals surface area contributed by atoms with Crippen LogP contribution in [0.3, 0.4) is 0 Å². The summed E-state index contributed by atoms with van der Waals surface area (Å²) >= 11 is 5.86. The maximum absolute atomic E-state index is 12.4. The first-order valence-corrected chi connectivity index (χ1v) is 10.5. The van der Waals surface area contributed by atoms with Crippen LogP contribution in [0.1, 0.15) is 38.0 Å². The van der Waals surface area contributed by atoms with Crippen molar-refractivity contribution in [1.82, 2.24) is 14.9 Å². The molecule has 0 saturated heterocycles. The predicted molar refractivity (Wildman–Crippen MR) is 94.4 cm³/mol. The summed E-state index contributed by atoms with van der Waals surface area (Å²) in [4.78, 5) is 4.24. The lowest BCUT2D eigenvalue weighted by Crippen LogP contribution is -2.34. The first-order valence-electron chi connectivity index (χ1n) is 8.49. The molecule has 4 rings (SSSR count). The Hall–Kier alpha value is -1.44. The summed E-state index contributed by atoms with van der Waals surface area (Å²) in [6, 6.07) is 7.06. The van der Waals surface area contributed by atoms with Crippen LogP contribution in [0.4, 0.5) is 0 Å². The van der Waals surface area contributed by atoms with Crippen molar-refractivity contribution >= 4 is 21.6 Å². The largest absolute Gasteiger partial charge is 0.338 e. The van der Waals surface area contributed by atoms with Crippen molar-refractivity contribution < 1.29 is 12.9 Å². The Morgan fingerprint density at radius 3 is 2.60 bits per heavy atom. The number of rotatable bonds is 6. The number of fused-ring (bicyclic) bond motifs is 2. The van der Waals surface area contributed by atoms with Gasteiger partial charge in [-0.15, -0.1) is 0 Å². The summed E-state index contributed by atoms with van der Waals surface area (Å²) in [6.45, 7) is 0.0163. The molecular formula is C17H20ClN3O3S. The zero-order valence-corrected chi connectivity index (χ0v) is 15.3. The van der Waals surface area contributed by atoms with E-state index in [1.165, 1.54) is 12.8 Å². The molecule has 0 spiro atoms. The van der Waals surface area contributed by atoms with E-state index in [0.717, 1.165) is 30.7 Å². The molecule has 134 valence electrons. The summed E-state index contributed by atoms with van der Waals surface area (Å²) in [6.07, 6.45) is 5.45. The molecule has 2 aromatic rings. The number of hydrogen-bond acceptors (Lipinski definition) is 5. The standard InChI is InChI=1S/C17H20ClN3O3S/c18-14-3-1-13(2-4-14)16-20-15(24-21-16)10-19-25(22,23)11-17-7-5-12(9-17)6-8-17/h1-4,12,19H,5-11H2. The Kier molecular flexibility index (Phi) is 4.33. The van der Waals surface area contributed by atoms with Crippen LogP contribution in [-0.4, -0.2) is 24.3 Å². The number of nitrogens with one attached hydrogen (secondary N) is 1. The average Bonchev–Trinajstić information content (AvgIpc) is 3.28. The summed E-state index contributed by atoms with van der Waals surface area (Å²) < 4.78 is 32.6. The van der Waals surface area contributed by atoms with E-state index in [-0.39, 0.29) is 23.6 Å². The number of aromatic nitrogens is 2. The van der Waals surface area contributed by atoms with Crippen molar-refractivity contribution in [1.29, 1.82) is 0 Å². The van der Waals surface area contributed by atoms with E-state index in [1.54, 1.807) is 24.3 Å². The van der Waals surface area contributed by atoms with Crippen LogP contribution in [-0.2, 0) is 16.6 Å². The lowest BCUT2D eigenvalue weighted by Gasteiger charge is -2.25. The molecule has 2 aliphatic rings. The van der Waals surface area contributed by atoms with Crippen molar-refractivity contribution in [2.75, 3.05) is 5.75 Å². The quantitative estimate of drug-likeness (QED) is 0.828. The molecule has 0 atom stereocenters. The van der Waals surface area contributed by atoms with Crippen molar-refractivity contribution in [3.8, 4) is 11.4 Å². The van der Waals surface area contributed by atoms with Crippen LogP contribution in [0.2, 0.25) is 5.02 Å². The third-order valence-electron chi connectivity index (χ3n) is 5.40. The molecule has 2 saturated carbocycles. The Balaban J connectivity index is 1.39. The number of sulfonamides is 1. The normalized spacial score (nSPS) is 25.6. The summed E-state index contributed by atoms with van der Waals surface area (Å²) in [5.41, 5.74) is 0.754. The molecular weight excluding hydrogens is 362 g/mol. The molecule has 1 heterocycles. The monoisotopic (exact) mass is 381 g/mol. The second kappa shape index (κ2) is 6.37.